The van der Waals surface area contributed by atoms with Crippen molar-refractivity contribution in [3.63, 3.8) is 0 Å². The molecule has 2 aliphatic rings. The van der Waals surface area contributed by atoms with Crippen LogP contribution in [0.1, 0.15) is 110 Å². The van der Waals surface area contributed by atoms with Gasteiger partial charge in [0, 0.05) is 0 Å². The van der Waals surface area contributed by atoms with E-state index in [2.05, 4.69) is 155 Å². The number of benzene rings is 2. The van der Waals surface area contributed by atoms with Crippen LogP contribution in [0.25, 0.3) is 12.2 Å². The summed E-state index contributed by atoms with van der Waals surface area (Å²) in [5, 5.41) is 0. The van der Waals surface area contributed by atoms with Crippen molar-refractivity contribution in [3.05, 3.63) is 80.9 Å². The van der Waals surface area contributed by atoms with Crippen molar-refractivity contribution >= 4 is 35.1 Å². The number of rotatable bonds is 5. The molecule has 0 bridgehead atoms. The third-order valence-corrected chi connectivity index (χ3v) is 60.5. The Labute approximate surface area is 265 Å². The zero-order chi connectivity index (χ0) is 31.4. The molecule has 2 atom stereocenters. The molecule has 2 aliphatic carbocycles. The van der Waals surface area contributed by atoms with Crippen molar-refractivity contribution in [2.24, 2.45) is 22.7 Å². The van der Waals surface area contributed by atoms with Crippen LogP contribution in [0.15, 0.2) is 47.5 Å². The van der Waals surface area contributed by atoms with E-state index in [9.17, 15) is 0 Å². The first-order valence-corrected chi connectivity index (χ1v) is 31.9. The van der Waals surface area contributed by atoms with E-state index in [1.807, 2.05) is 0 Å². The fraction of sp³-hybridized carbons (Fsp3) is 0.474. The van der Waals surface area contributed by atoms with E-state index in [-0.39, 0.29) is 18.1 Å². The molecule has 4 rings (SSSR count). The van der Waals surface area contributed by atoms with Crippen LogP contribution < -0.4 is 0 Å². The summed E-state index contributed by atoms with van der Waals surface area (Å²) >= 11 is -4.82. The third kappa shape index (κ3) is 6.14. The van der Waals surface area contributed by atoms with Crippen LogP contribution in [0.2, 0.25) is 13.1 Å². The Kier molecular flexibility index (Phi) is 9.26. The van der Waals surface area contributed by atoms with Gasteiger partial charge in [-0.25, -0.2) is 0 Å². The number of hydrogen-bond donors (Lipinski definition) is 0. The van der Waals surface area contributed by atoms with Crippen LogP contribution in [0, 0.1) is 46.3 Å². The first-order valence-electron chi connectivity index (χ1n) is 15.6. The summed E-state index contributed by atoms with van der Waals surface area (Å²) < 4.78 is 0.130. The Bertz CT molecular complexity index is 1470. The number of fused-ring (bicyclic) bond motifs is 2. The van der Waals surface area contributed by atoms with E-state index in [0.717, 1.165) is 11.1 Å². The molecule has 0 aromatic heterocycles. The molecular formula is C38H49Cl2SiZr. The van der Waals surface area contributed by atoms with Gasteiger partial charge in [0.1, 0.15) is 0 Å². The van der Waals surface area contributed by atoms with E-state index < -0.39 is 21.5 Å². The molecule has 2 aromatic rings. The first-order chi connectivity index (χ1) is 19.3. The number of halogens is 2. The summed E-state index contributed by atoms with van der Waals surface area (Å²) in [5.41, 5.74) is 9.90. The zero-order valence-electron chi connectivity index (χ0n) is 27.8. The molecule has 0 N–H and O–H groups in total. The molecule has 0 heterocycles. The minimum atomic E-state index is -4.82. The van der Waals surface area contributed by atoms with Crippen molar-refractivity contribution in [1.82, 2.24) is 0 Å². The molecule has 0 aliphatic heterocycles. The topological polar surface area (TPSA) is 0 Å². The van der Waals surface area contributed by atoms with Crippen molar-refractivity contribution in [3.8, 4) is 23.7 Å². The Morgan fingerprint density at radius 2 is 1.02 bits per heavy atom. The fourth-order valence-electron chi connectivity index (χ4n) is 6.64. The molecule has 2 unspecified atom stereocenters. The van der Waals surface area contributed by atoms with Crippen LogP contribution in [0.4, 0.5) is 0 Å². The van der Waals surface area contributed by atoms with Crippen molar-refractivity contribution in [1.29, 1.82) is 0 Å². The Hall–Kier alpha value is -1.28. The van der Waals surface area contributed by atoms with E-state index in [1.165, 1.54) is 33.4 Å². The van der Waals surface area contributed by atoms with Gasteiger partial charge in [0.15, 0.2) is 0 Å². The maximum absolute atomic E-state index is 8.56. The molecule has 223 valence electrons. The van der Waals surface area contributed by atoms with Gasteiger partial charge in [0.25, 0.3) is 0 Å². The summed E-state index contributed by atoms with van der Waals surface area (Å²) in [6.45, 7) is 27.0. The van der Waals surface area contributed by atoms with Gasteiger partial charge in [-0.05, 0) is 0 Å². The first kappa shape index (κ1) is 33.6. The molecule has 0 spiro atoms. The van der Waals surface area contributed by atoms with Gasteiger partial charge in [0.2, 0.25) is 0 Å². The molecule has 4 heteroatoms. The standard InChI is InChI=1S/2C18H21.C2H7Si.2ClH.Zr/c2*1-13(2)16-11-15-8-6-7-14(17(15)12-16)9-10-18(3,4)5;1-3-2;;;/h2*6-8,11-13H,1-5H3;3H,1-2H3;2*1H;/q;;;;;+2/p-2. The molecule has 0 radical (unpaired) electrons. The quantitative estimate of drug-likeness (QED) is 0.216. The van der Waals surface area contributed by atoms with Gasteiger partial charge in [0.05, 0.1) is 0 Å². The van der Waals surface area contributed by atoms with Gasteiger partial charge in [-0.1, -0.05) is 0 Å². The Morgan fingerprint density at radius 3 is 1.31 bits per heavy atom. The van der Waals surface area contributed by atoms with Gasteiger partial charge in [-0.2, -0.15) is 0 Å². The second kappa shape index (κ2) is 11.6. The molecule has 0 fully saturated rings. The molecular weight excluding hydrogens is 647 g/mol. The Balaban J connectivity index is 2.04. The summed E-state index contributed by atoms with van der Waals surface area (Å²) in [6, 6.07) is 13.3. The fourth-order valence-corrected chi connectivity index (χ4v) is 38.1. The molecule has 0 nitrogen and oxygen atoms in total. The van der Waals surface area contributed by atoms with Crippen LogP contribution in [-0.2, 0) is 15.6 Å². The van der Waals surface area contributed by atoms with Gasteiger partial charge in [-0.3, -0.25) is 0 Å². The summed E-state index contributed by atoms with van der Waals surface area (Å²) in [7, 11) is 17.1. The molecule has 2 aromatic carbocycles. The van der Waals surface area contributed by atoms with E-state index >= 15 is 0 Å². The summed E-state index contributed by atoms with van der Waals surface area (Å²) in [5.74, 6) is 13.0. The maximum atomic E-state index is 8.56. The van der Waals surface area contributed by atoms with E-state index in [1.54, 1.807) is 0 Å². The normalized spacial score (nSPS) is 19.3. The number of allylic oxidation sites excluding steroid dienone is 2. The van der Waals surface area contributed by atoms with Crippen LogP contribution in [0.3, 0.4) is 0 Å². The van der Waals surface area contributed by atoms with Gasteiger partial charge >= 0.3 is 268 Å². The summed E-state index contributed by atoms with van der Waals surface area (Å²) in [4.78, 5) is 0. The molecule has 0 saturated carbocycles. The Morgan fingerprint density at radius 1 is 0.667 bits per heavy atom. The van der Waals surface area contributed by atoms with E-state index in [4.69, 9.17) is 17.0 Å². The third-order valence-electron chi connectivity index (χ3n) is 8.87. The second-order valence-corrected chi connectivity index (χ2v) is 58.0. The van der Waals surface area contributed by atoms with Crippen LogP contribution >= 0.6 is 17.0 Å². The summed E-state index contributed by atoms with van der Waals surface area (Å²) in [6.07, 6.45) is 4.82. The average Bonchev–Trinajstić information content (AvgIpc) is 3.46. The van der Waals surface area contributed by atoms with Gasteiger partial charge < -0.3 is 0 Å². The SMILES string of the molecule is CC(C)C1=Cc2c(C#CC(C)(C)C)cccc2[CH]1[Zr]([Cl])([Cl])([CH]1C(C(C)C)=Cc2c(C#CC(C)(C)C)cccc21)[SiH](C)C. The molecule has 0 amide bonds. The van der Waals surface area contributed by atoms with Gasteiger partial charge in [-0.15, -0.1) is 0 Å². The van der Waals surface area contributed by atoms with Crippen molar-refractivity contribution in [2.75, 3.05) is 0 Å². The predicted octanol–water partition coefficient (Wildman–Crippen LogP) is 11.4. The molecule has 0 saturated heterocycles. The second-order valence-electron chi connectivity index (χ2n) is 15.5. The van der Waals surface area contributed by atoms with E-state index in [0.29, 0.717) is 11.8 Å². The van der Waals surface area contributed by atoms with Crippen molar-refractivity contribution < 1.29 is 15.6 Å². The number of hydrogen-bond acceptors (Lipinski definition) is 0. The zero-order valence-corrected chi connectivity index (χ0v) is 32.9. The van der Waals surface area contributed by atoms with Crippen LogP contribution in [0.5, 0.6) is 0 Å². The van der Waals surface area contributed by atoms with Crippen molar-refractivity contribution in [2.45, 2.75) is 89.6 Å². The minimum absolute atomic E-state index is 0.0650. The predicted molar refractivity (Wildman–Crippen MR) is 187 cm³/mol. The monoisotopic (exact) mass is 693 g/mol. The average molecular weight is 696 g/mol. The molecule has 42 heavy (non-hydrogen) atoms. The van der Waals surface area contributed by atoms with Crippen LogP contribution in [-0.4, -0.2) is 5.92 Å².